The highest BCUT2D eigenvalue weighted by Crippen LogP contribution is 2.60. The van der Waals surface area contributed by atoms with Crippen molar-refractivity contribution >= 4 is 0 Å². The lowest BCUT2D eigenvalue weighted by Crippen LogP contribution is -2.36. The van der Waals surface area contributed by atoms with E-state index in [1.807, 2.05) is 52.8 Å². The molecule has 3 rings (SSSR count). The van der Waals surface area contributed by atoms with Crippen LogP contribution in [0.1, 0.15) is 57.5 Å². The molecule has 0 saturated carbocycles. The lowest BCUT2D eigenvalue weighted by atomic mass is 9.66. The Morgan fingerprint density at radius 3 is 2.13 bits per heavy atom. The first-order valence-corrected chi connectivity index (χ1v) is 7.75. The predicted octanol–water partition coefficient (Wildman–Crippen LogP) is 5.31. The molecule has 0 fully saturated rings. The smallest absolute Gasteiger partial charge is 0.236 e. The van der Waals surface area contributed by atoms with Crippen molar-refractivity contribution in [1.82, 2.24) is 9.78 Å². The number of para-hydroxylation sites is 1. The first kappa shape index (κ1) is 16.1. The van der Waals surface area contributed by atoms with Gasteiger partial charge in [-0.15, -0.1) is 0 Å². The van der Waals surface area contributed by atoms with E-state index in [1.54, 1.807) is 12.1 Å². The molecular formula is C18H21F3N2. The molecule has 1 atom stereocenters. The van der Waals surface area contributed by atoms with Crippen LogP contribution in [0.15, 0.2) is 30.3 Å². The summed E-state index contributed by atoms with van der Waals surface area (Å²) in [6.07, 6.45) is -4.45. The molecule has 1 aliphatic carbocycles. The van der Waals surface area contributed by atoms with E-state index >= 15 is 0 Å². The normalized spacial score (nSPS) is 22.2. The van der Waals surface area contributed by atoms with Crippen LogP contribution in [0.4, 0.5) is 13.2 Å². The second-order valence-electron chi connectivity index (χ2n) is 7.42. The van der Waals surface area contributed by atoms with E-state index in [0.717, 1.165) is 0 Å². The lowest BCUT2D eigenvalue weighted by Gasteiger charge is -2.39. The molecule has 5 heteroatoms. The minimum absolute atomic E-state index is 0.221. The van der Waals surface area contributed by atoms with Gasteiger partial charge >= 0.3 is 6.18 Å². The highest BCUT2D eigenvalue weighted by atomic mass is 19.4. The van der Waals surface area contributed by atoms with Gasteiger partial charge in [-0.25, -0.2) is 4.68 Å². The summed E-state index contributed by atoms with van der Waals surface area (Å²) >= 11 is 0. The summed E-state index contributed by atoms with van der Waals surface area (Å²) in [5.41, 5.74) is 0.218. The van der Waals surface area contributed by atoms with Gasteiger partial charge in [0, 0.05) is 11.0 Å². The summed E-state index contributed by atoms with van der Waals surface area (Å²) < 4.78 is 42.2. The van der Waals surface area contributed by atoms with Gasteiger partial charge in [-0.1, -0.05) is 52.8 Å². The van der Waals surface area contributed by atoms with E-state index in [0.29, 0.717) is 16.9 Å². The maximum absolute atomic E-state index is 13.6. The number of nitrogens with zero attached hydrogens (tertiary/aromatic N) is 2. The third-order valence-electron chi connectivity index (χ3n) is 5.91. The second-order valence-corrected chi connectivity index (χ2v) is 7.42. The molecule has 1 aliphatic rings. The largest absolute Gasteiger partial charge is 0.435 e. The molecule has 0 radical (unpaired) electrons. The van der Waals surface area contributed by atoms with Gasteiger partial charge in [-0.2, -0.15) is 18.3 Å². The maximum atomic E-state index is 13.6. The molecule has 0 N–H and O–H groups in total. The maximum Gasteiger partial charge on any atom is 0.435 e. The molecule has 2 aromatic rings. The summed E-state index contributed by atoms with van der Waals surface area (Å²) in [5.74, 6) is -0.221. The van der Waals surface area contributed by atoms with Gasteiger partial charge in [0.25, 0.3) is 0 Å². The molecule has 0 spiro atoms. The predicted molar refractivity (Wildman–Crippen MR) is 83.8 cm³/mol. The van der Waals surface area contributed by atoms with Gasteiger partial charge < -0.3 is 0 Å². The fourth-order valence-electron chi connectivity index (χ4n) is 3.61. The van der Waals surface area contributed by atoms with Crippen LogP contribution in [0.2, 0.25) is 0 Å². The molecular weight excluding hydrogens is 301 g/mol. The Labute approximate surface area is 134 Å². The minimum atomic E-state index is -4.45. The molecule has 2 nitrogen and oxygen atoms in total. The number of aromatic nitrogens is 2. The third kappa shape index (κ3) is 2.05. The summed E-state index contributed by atoms with van der Waals surface area (Å²) in [5, 5.41) is 3.98. The van der Waals surface area contributed by atoms with Crippen molar-refractivity contribution in [3.8, 4) is 5.69 Å². The fourth-order valence-corrected chi connectivity index (χ4v) is 3.61. The summed E-state index contributed by atoms with van der Waals surface area (Å²) in [6.45, 7) is 9.97. The Morgan fingerprint density at radius 1 is 1.04 bits per heavy atom. The quantitative estimate of drug-likeness (QED) is 0.695. The number of hydrogen-bond acceptors (Lipinski definition) is 1. The van der Waals surface area contributed by atoms with E-state index in [9.17, 15) is 13.2 Å². The molecule has 1 heterocycles. The molecule has 23 heavy (non-hydrogen) atoms. The minimum Gasteiger partial charge on any atom is -0.236 e. The van der Waals surface area contributed by atoms with E-state index in [1.165, 1.54) is 4.68 Å². The van der Waals surface area contributed by atoms with E-state index in [4.69, 9.17) is 0 Å². The van der Waals surface area contributed by atoms with E-state index in [2.05, 4.69) is 5.10 Å². The summed E-state index contributed by atoms with van der Waals surface area (Å²) in [4.78, 5) is 0. The number of fused-ring (bicyclic) bond motifs is 1. The van der Waals surface area contributed by atoms with Crippen molar-refractivity contribution in [3.05, 3.63) is 47.3 Å². The van der Waals surface area contributed by atoms with Crippen molar-refractivity contribution in [1.29, 1.82) is 0 Å². The molecule has 0 unspecified atom stereocenters. The molecule has 0 amide bonds. The van der Waals surface area contributed by atoms with Crippen LogP contribution in [0, 0.1) is 5.41 Å². The number of benzene rings is 1. The zero-order valence-electron chi connectivity index (χ0n) is 14.0. The Balaban J connectivity index is 2.37. The fraction of sp³-hybridized carbons (Fsp3) is 0.500. The van der Waals surface area contributed by atoms with Crippen LogP contribution in [0.3, 0.4) is 0 Å². The number of hydrogen-bond donors (Lipinski definition) is 0. The summed E-state index contributed by atoms with van der Waals surface area (Å²) in [7, 11) is 0. The number of halogens is 3. The van der Waals surface area contributed by atoms with Crippen molar-refractivity contribution in [2.24, 2.45) is 5.41 Å². The van der Waals surface area contributed by atoms with Crippen LogP contribution in [0.5, 0.6) is 0 Å². The van der Waals surface area contributed by atoms with Crippen molar-refractivity contribution < 1.29 is 13.2 Å². The zero-order chi connectivity index (χ0) is 17.2. The molecule has 1 aromatic carbocycles. The van der Waals surface area contributed by atoms with Crippen LogP contribution in [-0.4, -0.2) is 9.78 Å². The molecule has 0 bridgehead atoms. The molecule has 0 aliphatic heterocycles. The SMILES string of the molecule is C[C@@H]1c2c(C(F)(F)F)nn(-c3ccccc3)c2C(C)(C)C1(C)C. The van der Waals surface area contributed by atoms with Crippen LogP contribution in [0.25, 0.3) is 5.69 Å². The van der Waals surface area contributed by atoms with E-state index in [-0.39, 0.29) is 11.3 Å². The Hall–Kier alpha value is -1.78. The van der Waals surface area contributed by atoms with Gasteiger partial charge in [0.1, 0.15) is 0 Å². The second kappa shape index (κ2) is 4.62. The Bertz CT molecular complexity index is 740. The Morgan fingerprint density at radius 2 is 1.61 bits per heavy atom. The Kier molecular flexibility index (Phi) is 3.23. The van der Waals surface area contributed by atoms with Gasteiger partial charge in [-0.05, 0) is 23.5 Å². The monoisotopic (exact) mass is 322 g/mol. The topological polar surface area (TPSA) is 17.8 Å². The van der Waals surface area contributed by atoms with Gasteiger partial charge in [0.05, 0.1) is 11.4 Å². The highest BCUT2D eigenvalue weighted by molar-refractivity contribution is 5.49. The molecule has 0 saturated heterocycles. The number of rotatable bonds is 1. The average molecular weight is 322 g/mol. The standard InChI is InChI=1S/C18H21F3N2/c1-11-13-14(18(19,20)21)22-23(12-9-7-6-8-10-12)15(13)17(4,5)16(11,2)3/h6-11H,1-5H3/t11-/m1/s1. The van der Waals surface area contributed by atoms with Gasteiger partial charge in [0.15, 0.2) is 5.69 Å². The highest BCUT2D eigenvalue weighted by Gasteiger charge is 2.57. The van der Waals surface area contributed by atoms with Crippen molar-refractivity contribution in [2.45, 2.75) is 52.1 Å². The van der Waals surface area contributed by atoms with Gasteiger partial charge in [0.2, 0.25) is 0 Å². The number of alkyl halides is 3. The first-order valence-electron chi connectivity index (χ1n) is 7.75. The van der Waals surface area contributed by atoms with Crippen molar-refractivity contribution in [3.63, 3.8) is 0 Å². The van der Waals surface area contributed by atoms with Crippen LogP contribution < -0.4 is 0 Å². The third-order valence-corrected chi connectivity index (χ3v) is 5.91. The van der Waals surface area contributed by atoms with Crippen LogP contribution in [-0.2, 0) is 11.6 Å². The zero-order valence-corrected chi connectivity index (χ0v) is 14.0. The molecule has 1 aromatic heterocycles. The van der Waals surface area contributed by atoms with Crippen molar-refractivity contribution in [2.75, 3.05) is 0 Å². The van der Waals surface area contributed by atoms with E-state index < -0.39 is 17.3 Å². The first-order chi connectivity index (χ1) is 10.5. The average Bonchev–Trinajstić information content (AvgIpc) is 2.92. The molecule has 124 valence electrons. The van der Waals surface area contributed by atoms with Gasteiger partial charge in [-0.3, -0.25) is 0 Å². The lowest BCUT2D eigenvalue weighted by molar-refractivity contribution is -0.142. The summed E-state index contributed by atoms with van der Waals surface area (Å²) in [6, 6.07) is 9.05. The van der Waals surface area contributed by atoms with Crippen LogP contribution >= 0.6 is 0 Å².